The van der Waals surface area contributed by atoms with E-state index in [4.69, 9.17) is 9.05 Å². The van der Waals surface area contributed by atoms with E-state index in [-0.39, 0.29) is 0 Å². The quantitative estimate of drug-likeness (QED) is 0.759. The Morgan fingerprint density at radius 2 is 1.59 bits per heavy atom. The maximum absolute atomic E-state index is 12.4. The van der Waals surface area contributed by atoms with Gasteiger partial charge in [-0.3, -0.25) is 9.05 Å². The molecule has 0 aliphatic heterocycles. The van der Waals surface area contributed by atoms with Crippen LogP contribution in [0.5, 0.6) is 0 Å². The first-order valence-corrected chi connectivity index (χ1v) is 6.89. The molecule has 0 spiro atoms. The number of hydrogen-bond donors (Lipinski definition) is 0. The van der Waals surface area contributed by atoms with Gasteiger partial charge < -0.3 is 0 Å². The molecule has 0 heterocycles. The molecule has 0 bridgehead atoms. The summed E-state index contributed by atoms with van der Waals surface area (Å²) in [6.45, 7) is 3.96. The summed E-state index contributed by atoms with van der Waals surface area (Å²) in [5.41, 5.74) is 0.611. The zero-order chi connectivity index (χ0) is 13.1. The van der Waals surface area contributed by atoms with E-state index in [9.17, 15) is 4.57 Å². The zero-order valence-corrected chi connectivity index (χ0v) is 11.9. The molecule has 0 aliphatic rings. The lowest BCUT2D eigenvalue weighted by atomic mass is 9.95. The Bertz CT molecular complexity index is 397. The molecule has 0 unspecified atom stereocenters. The van der Waals surface area contributed by atoms with Crippen LogP contribution in [0.15, 0.2) is 30.3 Å². The second kappa shape index (κ2) is 5.32. The van der Waals surface area contributed by atoms with Crippen molar-refractivity contribution >= 4 is 7.75 Å². The predicted octanol–water partition coefficient (Wildman–Crippen LogP) is 3.25. The van der Waals surface area contributed by atoms with Crippen molar-refractivity contribution < 1.29 is 13.6 Å². The van der Waals surface area contributed by atoms with E-state index in [0.29, 0.717) is 0 Å². The lowest BCUT2D eigenvalue weighted by Gasteiger charge is -2.38. The smallest absolute Gasteiger partial charge is 0.300 e. The Kier molecular flexibility index (Phi) is 4.50. The summed E-state index contributed by atoms with van der Waals surface area (Å²) in [6.07, 6.45) is 0. The SMILES string of the molecule is COP(=O)(OC)N(C)C(C)(C)c1ccccc1. The Hall–Kier alpha value is -0.670. The van der Waals surface area contributed by atoms with Crippen LogP contribution in [-0.2, 0) is 19.2 Å². The molecule has 0 aliphatic carbocycles. The predicted molar refractivity (Wildman–Crippen MR) is 68.9 cm³/mol. The lowest BCUT2D eigenvalue weighted by molar-refractivity contribution is 0.161. The molecular weight excluding hydrogens is 237 g/mol. The van der Waals surface area contributed by atoms with Gasteiger partial charge in [-0.05, 0) is 26.5 Å². The van der Waals surface area contributed by atoms with Gasteiger partial charge in [-0.15, -0.1) is 0 Å². The minimum absolute atomic E-state index is 0.442. The summed E-state index contributed by atoms with van der Waals surface area (Å²) in [6, 6.07) is 9.84. The van der Waals surface area contributed by atoms with E-state index >= 15 is 0 Å². The summed E-state index contributed by atoms with van der Waals surface area (Å²) in [4.78, 5) is 0. The normalized spacial score (nSPS) is 13.1. The van der Waals surface area contributed by atoms with Crippen LogP contribution < -0.4 is 0 Å². The fourth-order valence-electron chi connectivity index (χ4n) is 1.66. The average molecular weight is 257 g/mol. The van der Waals surface area contributed by atoms with Crippen molar-refractivity contribution in [2.45, 2.75) is 19.4 Å². The minimum atomic E-state index is -3.23. The highest BCUT2D eigenvalue weighted by molar-refractivity contribution is 7.51. The zero-order valence-electron chi connectivity index (χ0n) is 11.0. The highest BCUT2D eigenvalue weighted by Crippen LogP contribution is 2.54. The van der Waals surface area contributed by atoms with Crippen LogP contribution in [0.2, 0.25) is 0 Å². The van der Waals surface area contributed by atoms with Gasteiger partial charge in [0.2, 0.25) is 0 Å². The van der Waals surface area contributed by atoms with E-state index in [2.05, 4.69) is 0 Å². The molecule has 4 nitrogen and oxygen atoms in total. The molecule has 0 atom stereocenters. The van der Waals surface area contributed by atoms with Gasteiger partial charge in [-0.1, -0.05) is 30.3 Å². The van der Waals surface area contributed by atoms with Crippen molar-refractivity contribution in [2.75, 3.05) is 21.3 Å². The highest BCUT2D eigenvalue weighted by atomic mass is 31.2. The number of rotatable bonds is 5. The van der Waals surface area contributed by atoms with Gasteiger partial charge in [-0.2, -0.15) is 0 Å². The summed E-state index contributed by atoms with van der Waals surface area (Å²) < 4.78 is 24.0. The molecule has 0 radical (unpaired) electrons. The highest BCUT2D eigenvalue weighted by Gasteiger charge is 2.39. The van der Waals surface area contributed by atoms with Gasteiger partial charge >= 0.3 is 7.75 Å². The van der Waals surface area contributed by atoms with Crippen molar-refractivity contribution in [3.8, 4) is 0 Å². The topological polar surface area (TPSA) is 38.8 Å². The van der Waals surface area contributed by atoms with Gasteiger partial charge in [0.15, 0.2) is 0 Å². The second-order valence-corrected chi connectivity index (χ2v) is 6.55. The molecule has 17 heavy (non-hydrogen) atoms. The van der Waals surface area contributed by atoms with Crippen molar-refractivity contribution in [2.24, 2.45) is 0 Å². The largest absolute Gasteiger partial charge is 0.408 e. The molecule has 5 heteroatoms. The Morgan fingerprint density at radius 1 is 1.12 bits per heavy atom. The number of nitrogens with zero attached hydrogens (tertiary/aromatic N) is 1. The van der Waals surface area contributed by atoms with Crippen LogP contribution in [0.25, 0.3) is 0 Å². The Balaban J connectivity index is 3.11. The van der Waals surface area contributed by atoms with Gasteiger partial charge in [-0.25, -0.2) is 9.24 Å². The van der Waals surface area contributed by atoms with Crippen LogP contribution in [0.3, 0.4) is 0 Å². The van der Waals surface area contributed by atoms with Crippen molar-refractivity contribution in [1.29, 1.82) is 0 Å². The molecular formula is C12H20NO3P. The van der Waals surface area contributed by atoms with Crippen LogP contribution >= 0.6 is 7.75 Å². The monoisotopic (exact) mass is 257 g/mol. The second-order valence-electron chi connectivity index (χ2n) is 4.28. The van der Waals surface area contributed by atoms with E-state index in [1.54, 1.807) is 11.7 Å². The van der Waals surface area contributed by atoms with Crippen LogP contribution in [0.4, 0.5) is 0 Å². The van der Waals surface area contributed by atoms with E-state index in [1.807, 2.05) is 44.2 Å². The molecule has 1 rings (SSSR count). The van der Waals surface area contributed by atoms with E-state index in [0.717, 1.165) is 5.56 Å². The molecule has 0 fully saturated rings. The lowest BCUT2D eigenvalue weighted by Crippen LogP contribution is -2.36. The first-order valence-electron chi connectivity index (χ1n) is 5.40. The third-order valence-corrected chi connectivity index (χ3v) is 5.28. The van der Waals surface area contributed by atoms with Gasteiger partial charge in [0.05, 0.1) is 5.54 Å². The molecule has 1 aromatic rings. The maximum Gasteiger partial charge on any atom is 0.408 e. The molecule has 0 saturated heterocycles. The summed E-state index contributed by atoms with van der Waals surface area (Å²) in [5, 5.41) is 0. The average Bonchev–Trinajstić information content (AvgIpc) is 2.38. The molecule has 1 aromatic carbocycles. The minimum Gasteiger partial charge on any atom is -0.300 e. The third-order valence-electron chi connectivity index (χ3n) is 3.12. The fraction of sp³-hybridized carbons (Fsp3) is 0.500. The molecule has 96 valence electrons. The van der Waals surface area contributed by atoms with Gasteiger partial charge in [0.1, 0.15) is 0 Å². The Labute approximate surface area is 103 Å². The summed E-state index contributed by atoms with van der Waals surface area (Å²) in [7, 11) is 1.29. The molecule has 0 N–H and O–H groups in total. The first kappa shape index (κ1) is 14.4. The first-order chi connectivity index (χ1) is 7.88. The standard InChI is InChI=1S/C12H20NO3P/c1-12(2,11-9-7-6-8-10-11)13(3)17(14,15-4)16-5/h6-10H,1-5H3. The Morgan fingerprint density at radius 3 is 2.00 bits per heavy atom. The summed E-state index contributed by atoms with van der Waals surface area (Å²) >= 11 is 0. The van der Waals surface area contributed by atoms with E-state index in [1.165, 1.54) is 14.2 Å². The van der Waals surface area contributed by atoms with Crippen molar-refractivity contribution in [1.82, 2.24) is 4.67 Å². The van der Waals surface area contributed by atoms with Gasteiger partial charge in [0.25, 0.3) is 0 Å². The fourth-order valence-corrected chi connectivity index (χ4v) is 3.03. The number of benzene rings is 1. The van der Waals surface area contributed by atoms with Gasteiger partial charge in [0, 0.05) is 14.2 Å². The molecule has 0 amide bonds. The van der Waals surface area contributed by atoms with Crippen molar-refractivity contribution in [3.05, 3.63) is 35.9 Å². The summed E-state index contributed by atoms with van der Waals surface area (Å²) in [5.74, 6) is 0. The number of hydrogen-bond acceptors (Lipinski definition) is 3. The van der Waals surface area contributed by atoms with E-state index < -0.39 is 13.3 Å². The van der Waals surface area contributed by atoms with Crippen LogP contribution in [0.1, 0.15) is 19.4 Å². The third kappa shape index (κ3) is 2.78. The van der Waals surface area contributed by atoms with Crippen LogP contribution in [-0.4, -0.2) is 25.9 Å². The maximum atomic E-state index is 12.4. The molecule has 0 saturated carbocycles. The van der Waals surface area contributed by atoms with Crippen molar-refractivity contribution in [3.63, 3.8) is 0 Å². The molecule has 0 aromatic heterocycles. The van der Waals surface area contributed by atoms with Crippen LogP contribution in [0, 0.1) is 0 Å².